The van der Waals surface area contributed by atoms with Crippen LogP contribution in [0.5, 0.6) is 0 Å². The molecule has 2 heterocycles. The van der Waals surface area contributed by atoms with Gasteiger partial charge in [0.2, 0.25) is 0 Å². The lowest BCUT2D eigenvalue weighted by Crippen LogP contribution is -2.36. The number of aromatic nitrogens is 2. The van der Waals surface area contributed by atoms with Crippen molar-refractivity contribution < 1.29 is 27.4 Å². The molecule has 2 rings (SSSR count). The zero-order valence-corrected chi connectivity index (χ0v) is 16.1. The molecule has 7 nitrogen and oxygen atoms in total. The summed E-state index contributed by atoms with van der Waals surface area (Å²) in [7, 11) is 0. The normalized spacial score (nSPS) is 22.5. The van der Waals surface area contributed by atoms with E-state index < -0.39 is 41.4 Å². The van der Waals surface area contributed by atoms with Crippen molar-refractivity contribution in [3.8, 4) is 12.3 Å². The van der Waals surface area contributed by atoms with E-state index in [4.69, 9.17) is 20.6 Å². The van der Waals surface area contributed by atoms with Crippen molar-refractivity contribution in [2.75, 3.05) is 19.2 Å². The van der Waals surface area contributed by atoms with Crippen molar-refractivity contribution in [1.82, 2.24) is 9.55 Å². The fraction of sp³-hybridized carbons (Fsp3) is 0.647. The topological polar surface area (TPSA) is 82.6 Å². The van der Waals surface area contributed by atoms with Crippen molar-refractivity contribution >= 4 is 11.8 Å². The molecule has 0 radical (unpaired) electrons. The standard InChI is InChI=1S/C17H21F3N2O5S/c1-4-5-26-12-6-14(27-13(12)8-25-9-28-10(2)3)22-7-11(17(18,19)20)15(23)21-16(22)24/h1,7,10,12-14H,5-6,8-9H2,2-3H3,(H,21,23,24)/t12-,13+,14+/m0/s1. The van der Waals surface area contributed by atoms with Gasteiger partial charge in [0, 0.05) is 17.9 Å². The number of alkyl halides is 3. The minimum Gasteiger partial charge on any atom is -0.368 e. The molecule has 0 unspecified atom stereocenters. The maximum absolute atomic E-state index is 13.0. The van der Waals surface area contributed by atoms with Gasteiger partial charge in [-0.1, -0.05) is 19.8 Å². The summed E-state index contributed by atoms with van der Waals surface area (Å²) in [6.07, 6.45) is -1.43. The number of thioether (sulfide) groups is 1. The molecular formula is C17H21F3N2O5S. The number of nitrogens with zero attached hydrogens (tertiary/aromatic N) is 1. The van der Waals surface area contributed by atoms with E-state index >= 15 is 0 Å². The number of ether oxygens (including phenoxy) is 3. The summed E-state index contributed by atoms with van der Waals surface area (Å²) < 4.78 is 56.4. The second-order valence-corrected chi connectivity index (χ2v) is 7.84. The van der Waals surface area contributed by atoms with Crippen molar-refractivity contribution in [2.45, 2.75) is 50.1 Å². The van der Waals surface area contributed by atoms with Gasteiger partial charge in [0.25, 0.3) is 5.56 Å². The second-order valence-electron chi connectivity index (χ2n) is 6.33. The van der Waals surface area contributed by atoms with Crippen LogP contribution in [0.2, 0.25) is 0 Å². The van der Waals surface area contributed by atoms with Crippen LogP contribution in [0.1, 0.15) is 32.1 Å². The SMILES string of the molecule is C#CCO[C@H]1C[C@H](n2cc(C(F)(F)F)c(=O)[nH]c2=O)O[C@@H]1COCSC(C)C. The van der Waals surface area contributed by atoms with Crippen LogP contribution in [0.4, 0.5) is 13.2 Å². The van der Waals surface area contributed by atoms with Gasteiger partial charge >= 0.3 is 11.9 Å². The van der Waals surface area contributed by atoms with Crippen LogP contribution < -0.4 is 11.2 Å². The Morgan fingerprint density at radius 2 is 2.18 bits per heavy atom. The summed E-state index contributed by atoms with van der Waals surface area (Å²) in [5.74, 6) is 2.72. The smallest absolute Gasteiger partial charge is 0.368 e. The van der Waals surface area contributed by atoms with Gasteiger partial charge in [-0.3, -0.25) is 14.3 Å². The summed E-state index contributed by atoms with van der Waals surface area (Å²) in [6.45, 7) is 4.12. The molecule has 0 bridgehead atoms. The highest BCUT2D eigenvalue weighted by Gasteiger charge is 2.40. The summed E-state index contributed by atoms with van der Waals surface area (Å²) in [6, 6.07) is 0. The van der Waals surface area contributed by atoms with Crippen LogP contribution >= 0.6 is 11.8 Å². The maximum atomic E-state index is 13.0. The molecule has 156 valence electrons. The van der Waals surface area contributed by atoms with Crippen LogP contribution in [0, 0.1) is 12.3 Å². The van der Waals surface area contributed by atoms with E-state index in [9.17, 15) is 22.8 Å². The first-order valence-corrected chi connectivity index (χ1v) is 9.51. The molecule has 1 aromatic rings. The van der Waals surface area contributed by atoms with Crippen LogP contribution in [-0.4, -0.2) is 46.2 Å². The third-order valence-corrected chi connectivity index (χ3v) is 4.88. The Labute approximate surface area is 163 Å². The largest absolute Gasteiger partial charge is 0.423 e. The van der Waals surface area contributed by atoms with E-state index in [0.29, 0.717) is 22.0 Å². The third kappa shape index (κ3) is 5.88. The van der Waals surface area contributed by atoms with Crippen LogP contribution in [0.25, 0.3) is 0 Å². The van der Waals surface area contributed by atoms with Gasteiger partial charge in [-0.15, -0.1) is 18.2 Å². The monoisotopic (exact) mass is 422 g/mol. The first kappa shape index (κ1) is 22.5. The third-order valence-electron chi connectivity index (χ3n) is 3.91. The molecule has 0 spiro atoms. The molecule has 0 amide bonds. The maximum Gasteiger partial charge on any atom is 0.423 e. The van der Waals surface area contributed by atoms with Crippen LogP contribution in [0.15, 0.2) is 15.8 Å². The van der Waals surface area contributed by atoms with Crippen molar-refractivity contribution in [3.63, 3.8) is 0 Å². The molecule has 3 atom stereocenters. The lowest BCUT2D eigenvalue weighted by molar-refractivity contribution is -0.139. The molecular weight excluding hydrogens is 401 g/mol. The highest BCUT2D eigenvalue weighted by Crippen LogP contribution is 2.32. The summed E-state index contributed by atoms with van der Waals surface area (Å²) in [5.41, 5.74) is -3.99. The average molecular weight is 422 g/mol. The minimum absolute atomic E-state index is 0.0215. The van der Waals surface area contributed by atoms with Gasteiger partial charge in [-0.05, 0) is 0 Å². The lowest BCUT2D eigenvalue weighted by Gasteiger charge is -2.18. The number of hydrogen-bond acceptors (Lipinski definition) is 6. The molecule has 0 aromatic carbocycles. The van der Waals surface area contributed by atoms with E-state index in [1.807, 2.05) is 13.8 Å². The van der Waals surface area contributed by atoms with Gasteiger partial charge in [0.1, 0.15) is 24.5 Å². The number of nitrogens with one attached hydrogen (secondary N) is 1. The fourth-order valence-electron chi connectivity index (χ4n) is 2.60. The molecule has 1 aliphatic heterocycles. The van der Waals surface area contributed by atoms with E-state index in [2.05, 4.69) is 5.92 Å². The Bertz CT molecular complexity index is 815. The van der Waals surface area contributed by atoms with Crippen LogP contribution in [-0.2, 0) is 20.4 Å². The minimum atomic E-state index is -4.91. The molecule has 0 saturated carbocycles. The lowest BCUT2D eigenvalue weighted by atomic mass is 10.2. The van der Waals surface area contributed by atoms with E-state index in [1.165, 1.54) is 0 Å². The fourth-order valence-corrected chi connectivity index (χ4v) is 3.07. The van der Waals surface area contributed by atoms with Gasteiger partial charge in [0.05, 0.1) is 18.6 Å². The number of terminal acetylenes is 1. The Kier molecular flexibility index (Phi) is 7.77. The first-order chi connectivity index (χ1) is 13.1. The van der Waals surface area contributed by atoms with Gasteiger partial charge in [0.15, 0.2) is 0 Å². The Hall–Kier alpha value is -1.74. The van der Waals surface area contributed by atoms with Crippen molar-refractivity contribution in [3.05, 3.63) is 32.6 Å². The number of rotatable bonds is 8. The quantitative estimate of drug-likeness (QED) is 0.392. The number of H-pyrrole nitrogens is 1. The van der Waals surface area contributed by atoms with Gasteiger partial charge in [-0.2, -0.15) is 13.2 Å². The molecule has 0 aliphatic carbocycles. The Balaban J connectivity index is 2.19. The van der Waals surface area contributed by atoms with Gasteiger partial charge < -0.3 is 14.2 Å². The van der Waals surface area contributed by atoms with E-state index in [-0.39, 0.29) is 19.6 Å². The molecule has 28 heavy (non-hydrogen) atoms. The zero-order chi connectivity index (χ0) is 20.9. The predicted octanol–water partition coefficient (Wildman–Crippen LogP) is 1.98. The van der Waals surface area contributed by atoms with Crippen LogP contribution in [0.3, 0.4) is 0 Å². The summed E-state index contributed by atoms with van der Waals surface area (Å²) in [5, 5.41) is 0.367. The van der Waals surface area contributed by atoms with Gasteiger partial charge in [-0.25, -0.2) is 4.79 Å². The van der Waals surface area contributed by atoms with Crippen molar-refractivity contribution in [2.24, 2.45) is 0 Å². The van der Waals surface area contributed by atoms with E-state index in [1.54, 1.807) is 16.7 Å². The van der Waals surface area contributed by atoms with Crippen molar-refractivity contribution in [1.29, 1.82) is 0 Å². The number of halogens is 3. The second kappa shape index (κ2) is 9.65. The average Bonchev–Trinajstić information content (AvgIpc) is 2.98. The molecule has 1 saturated heterocycles. The molecule has 1 N–H and O–H groups in total. The molecule has 1 aromatic heterocycles. The zero-order valence-electron chi connectivity index (χ0n) is 15.3. The Morgan fingerprint density at radius 1 is 1.46 bits per heavy atom. The summed E-state index contributed by atoms with van der Waals surface area (Å²) >= 11 is 1.57. The highest BCUT2D eigenvalue weighted by atomic mass is 32.2. The Morgan fingerprint density at radius 3 is 2.79 bits per heavy atom. The molecule has 1 aliphatic rings. The molecule has 1 fully saturated rings. The number of aromatic amines is 1. The van der Waals surface area contributed by atoms with E-state index in [0.717, 1.165) is 0 Å². The highest BCUT2D eigenvalue weighted by molar-refractivity contribution is 7.99. The predicted molar refractivity (Wildman–Crippen MR) is 97.0 cm³/mol. The summed E-state index contributed by atoms with van der Waals surface area (Å²) in [4.78, 5) is 25.1. The first-order valence-electron chi connectivity index (χ1n) is 8.46. The number of hydrogen-bond donors (Lipinski definition) is 1. The molecule has 11 heteroatoms.